The summed E-state index contributed by atoms with van der Waals surface area (Å²) in [6, 6.07) is 11.2. The zero-order valence-corrected chi connectivity index (χ0v) is 9.26. The first-order chi connectivity index (χ1) is 8.66. The fraction of sp³-hybridized carbons (Fsp3) is 0.0714. The Balaban J connectivity index is 2.27. The topological polar surface area (TPSA) is 46.5 Å². The molecular formula is C14H9FO3. The Kier molecular flexibility index (Phi) is 2.30. The van der Waals surface area contributed by atoms with E-state index < -0.39 is 17.9 Å². The third-order valence-electron chi connectivity index (χ3n) is 2.94. The van der Waals surface area contributed by atoms with Crippen LogP contribution in [0.3, 0.4) is 0 Å². The van der Waals surface area contributed by atoms with Crippen LogP contribution in [0.1, 0.15) is 11.7 Å². The molecule has 0 bridgehead atoms. The van der Waals surface area contributed by atoms with Gasteiger partial charge < -0.3 is 9.84 Å². The average Bonchev–Trinajstić information content (AvgIpc) is 2.37. The minimum Gasteiger partial charge on any atom is -0.478 e. The summed E-state index contributed by atoms with van der Waals surface area (Å²) < 4.78 is 18.7. The van der Waals surface area contributed by atoms with Crippen molar-refractivity contribution < 1.29 is 19.0 Å². The lowest BCUT2D eigenvalue weighted by atomic mass is 9.93. The Morgan fingerprint density at radius 2 is 1.94 bits per heavy atom. The van der Waals surface area contributed by atoms with E-state index in [-0.39, 0.29) is 0 Å². The molecule has 3 nitrogen and oxygen atoms in total. The highest BCUT2D eigenvalue weighted by atomic mass is 19.1. The highest BCUT2D eigenvalue weighted by Gasteiger charge is 2.31. The van der Waals surface area contributed by atoms with Crippen LogP contribution in [0.25, 0.3) is 11.1 Å². The van der Waals surface area contributed by atoms with E-state index in [9.17, 15) is 9.18 Å². The number of rotatable bonds is 1. The molecule has 4 heteroatoms. The second-order valence-corrected chi connectivity index (χ2v) is 4.06. The number of aliphatic carboxylic acids is 1. The molecule has 0 spiro atoms. The first-order valence-electron chi connectivity index (χ1n) is 5.45. The number of ether oxygens (including phenoxy) is 1. The summed E-state index contributed by atoms with van der Waals surface area (Å²) >= 11 is 0. The molecule has 0 fully saturated rings. The quantitative estimate of drug-likeness (QED) is 0.838. The van der Waals surface area contributed by atoms with Crippen molar-refractivity contribution in [1.82, 2.24) is 0 Å². The van der Waals surface area contributed by atoms with Crippen molar-refractivity contribution in [1.29, 1.82) is 0 Å². The van der Waals surface area contributed by atoms with Gasteiger partial charge in [-0.25, -0.2) is 9.18 Å². The molecule has 0 amide bonds. The maximum atomic E-state index is 13.3. The molecule has 0 saturated heterocycles. The predicted octanol–water partition coefficient (Wildman–Crippen LogP) is 3.01. The van der Waals surface area contributed by atoms with Crippen LogP contribution in [0.15, 0.2) is 42.5 Å². The number of benzene rings is 2. The van der Waals surface area contributed by atoms with Gasteiger partial charge in [-0.3, -0.25) is 0 Å². The van der Waals surface area contributed by atoms with Crippen molar-refractivity contribution in [2.75, 3.05) is 0 Å². The van der Waals surface area contributed by atoms with E-state index in [0.29, 0.717) is 16.9 Å². The van der Waals surface area contributed by atoms with E-state index in [4.69, 9.17) is 9.84 Å². The molecule has 1 atom stereocenters. The molecule has 0 saturated carbocycles. The molecule has 1 heterocycles. The van der Waals surface area contributed by atoms with Crippen LogP contribution in [0, 0.1) is 5.82 Å². The molecule has 0 aromatic heterocycles. The smallest absolute Gasteiger partial charge is 0.349 e. The molecule has 0 radical (unpaired) electrons. The number of carboxylic acids is 1. The summed E-state index contributed by atoms with van der Waals surface area (Å²) in [4.78, 5) is 11.2. The van der Waals surface area contributed by atoms with E-state index in [0.717, 1.165) is 5.56 Å². The first-order valence-corrected chi connectivity index (χ1v) is 5.45. The van der Waals surface area contributed by atoms with Gasteiger partial charge in [-0.2, -0.15) is 0 Å². The molecule has 0 aliphatic carbocycles. The van der Waals surface area contributed by atoms with Crippen molar-refractivity contribution in [3.05, 3.63) is 53.8 Å². The van der Waals surface area contributed by atoms with Crippen molar-refractivity contribution in [2.24, 2.45) is 0 Å². The lowest BCUT2D eigenvalue weighted by Gasteiger charge is -2.26. The highest BCUT2D eigenvalue weighted by molar-refractivity contribution is 5.84. The Bertz CT molecular complexity index is 637. The second kappa shape index (κ2) is 3.84. The van der Waals surface area contributed by atoms with Crippen LogP contribution in [0.5, 0.6) is 5.75 Å². The van der Waals surface area contributed by atoms with E-state index in [1.807, 2.05) is 12.1 Å². The number of para-hydroxylation sites is 1. The zero-order chi connectivity index (χ0) is 12.7. The second-order valence-electron chi connectivity index (χ2n) is 4.06. The van der Waals surface area contributed by atoms with Gasteiger partial charge in [0.25, 0.3) is 0 Å². The Labute approximate surface area is 102 Å². The highest BCUT2D eigenvalue weighted by Crippen LogP contribution is 2.42. The standard InChI is InChI=1S/C14H9FO3/c15-8-5-6-9-10-3-1-2-4-12(10)18-13(14(16)17)11(9)7-8/h1-7,13H,(H,16,17). The van der Waals surface area contributed by atoms with Crippen molar-refractivity contribution in [3.63, 3.8) is 0 Å². The van der Waals surface area contributed by atoms with Gasteiger partial charge in [0.05, 0.1) is 0 Å². The van der Waals surface area contributed by atoms with Crippen LogP contribution < -0.4 is 4.74 Å². The van der Waals surface area contributed by atoms with E-state index in [1.54, 1.807) is 18.2 Å². The molecular weight excluding hydrogens is 235 g/mol. The molecule has 1 unspecified atom stereocenters. The average molecular weight is 244 g/mol. The molecule has 90 valence electrons. The van der Waals surface area contributed by atoms with Crippen molar-refractivity contribution in [3.8, 4) is 16.9 Å². The summed E-state index contributed by atoms with van der Waals surface area (Å²) in [6.07, 6.45) is -1.16. The van der Waals surface area contributed by atoms with E-state index in [2.05, 4.69) is 0 Å². The summed E-state index contributed by atoms with van der Waals surface area (Å²) in [7, 11) is 0. The monoisotopic (exact) mass is 244 g/mol. The minimum atomic E-state index is -1.16. The van der Waals surface area contributed by atoms with Crippen LogP contribution in [-0.2, 0) is 4.79 Å². The lowest BCUT2D eigenvalue weighted by molar-refractivity contribution is -0.145. The SMILES string of the molecule is O=C(O)C1Oc2ccccc2-c2ccc(F)cc21. The van der Waals surface area contributed by atoms with Gasteiger partial charge in [0.2, 0.25) is 6.10 Å². The zero-order valence-electron chi connectivity index (χ0n) is 9.26. The molecule has 3 rings (SSSR count). The molecule has 2 aromatic rings. The van der Waals surface area contributed by atoms with Crippen LogP contribution in [-0.4, -0.2) is 11.1 Å². The lowest BCUT2D eigenvalue weighted by Crippen LogP contribution is -2.22. The maximum Gasteiger partial charge on any atom is 0.349 e. The molecule has 1 aliphatic rings. The van der Waals surface area contributed by atoms with Gasteiger partial charge >= 0.3 is 5.97 Å². The van der Waals surface area contributed by atoms with Crippen molar-refractivity contribution >= 4 is 5.97 Å². The number of hydrogen-bond acceptors (Lipinski definition) is 2. The summed E-state index contributed by atoms with van der Waals surface area (Å²) in [5.41, 5.74) is 1.83. The predicted molar refractivity (Wildman–Crippen MR) is 62.8 cm³/mol. The van der Waals surface area contributed by atoms with Gasteiger partial charge in [-0.15, -0.1) is 0 Å². The largest absolute Gasteiger partial charge is 0.478 e. The van der Waals surface area contributed by atoms with Gasteiger partial charge in [-0.05, 0) is 23.8 Å². The van der Waals surface area contributed by atoms with Gasteiger partial charge in [-0.1, -0.05) is 24.3 Å². The number of fused-ring (bicyclic) bond motifs is 3. The Morgan fingerprint density at radius 1 is 1.17 bits per heavy atom. The summed E-state index contributed by atoms with van der Waals surface area (Å²) in [5.74, 6) is -1.09. The fourth-order valence-corrected chi connectivity index (χ4v) is 2.16. The number of carboxylic acid groups (broad SMARTS) is 1. The van der Waals surface area contributed by atoms with E-state index >= 15 is 0 Å². The van der Waals surface area contributed by atoms with Crippen LogP contribution >= 0.6 is 0 Å². The molecule has 1 aliphatic heterocycles. The summed E-state index contributed by atoms with van der Waals surface area (Å²) in [6.45, 7) is 0. The molecule has 1 N–H and O–H groups in total. The minimum absolute atomic E-state index is 0.348. The van der Waals surface area contributed by atoms with Crippen LogP contribution in [0.2, 0.25) is 0 Å². The maximum absolute atomic E-state index is 13.3. The third-order valence-corrected chi connectivity index (χ3v) is 2.94. The third kappa shape index (κ3) is 1.54. The van der Waals surface area contributed by atoms with Gasteiger partial charge in [0.15, 0.2) is 0 Å². The summed E-state index contributed by atoms with van der Waals surface area (Å²) in [5, 5.41) is 9.15. The first kappa shape index (κ1) is 10.8. The Hall–Kier alpha value is -2.36. The van der Waals surface area contributed by atoms with Gasteiger partial charge in [0, 0.05) is 11.1 Å². The Morgan fingerprint density at radius 3 is 2.72 bits per heavy atom. The van der Waals surface area contributed by atoms with Crippen molar-refractivity contribution in [2.45, 2.75) is 6.10 Å². The molecule has 18 heavy (non-hydrogen) atoms. The van der Waals surface area contributed by atoms with Crippen LogP contribution in [0.4, 0.5) is 4.39 Å². The van der Waals surface area contributed by atoms with Gasteiger partial charge in [0.1, 0.15) is 11.6 Å². The number of halogens is 1. The number of hydrogen-bond donors (Lipinski definition) is 1. The normalized spacial score (nSPS) is 16.4. The fourth-order valence-electron chi connectivity index (χ4n) is 2.16. The van der Waals surface area contributed by atoms with E-state index in [1.165, 1.54) is 12.1 Å². The number of carbonyl (C=O) groups is 1. The molecule has 2 aromatic carbocycles.